The van der Waals surface area contributed by atoms with Crippen LogP contribution in [0, 0.1) is 10.1 Å². The van der Waals surface area contributed by atoms with E-state index in [9.17, 15) is 10.1 Å². The first-order valence-corrected chi connectivity index (χ1v) is 9.22. The van der Waals surface area contributed by atoms with Crippen LogP contribution < -0.4 is 5.32 Å². The van der Waals surface area contributed by atoms with E-state index in [1.165, 1.54) is 18.9 Å². The fourth-order valence-electron chi connectivity index (χ4n) is 3.46. The van der Waals surface area contributed by atoms with Gasteiger partial charge in [-0.1, -0.05) is 12.1 Å². The Labute approximate surface area is 152 Å². The van der Waals surface area contributed by atoms with Gasteiger partial charge in [0.15, 0.2) is 0 Å². The van der Waals surface area contributed by atoms with Crippen molar-refractivity contribution >= 4 is 11.5 Å². The van der Waals surface area contributed by atoms with Crippen LogP contribution in [-0.2, 0) is 6.54 Å². The van der Waals surface area contributed by atoms with Crippen molar-refractivity contribution in [3.63, 3.8) is 0 Å². The molecule has 1 aliphatic heterocycles. The Morgan fingerprint density at radius 3 is 2.73 bits per heavy atom. The molecular weight excluding hydrogens is 330 g/mol. The summed E-state index contributed by atoms with van der Waals surface area (Å²) >= 11 is 0. The van der Waals surface area contributed by atoms with Crippen molar-refractivity contribution in [2.45, 2.75) is 44.2 Å². The van der Waals surface area contributed by atoms with E-state index in [1.54, 1.807) is 12.1 Å². The summed E-state index contributed by atoms with van der Waals surface area (Å²) in [5, 5.41) is 14.5. The Hall–Kier alpha value is -2.54. The van der Waals surface area contributed by atoms with Crippen LogP contribution in [0.3, 0.4) is 0 Å². The summed E-state index contributed by atoms with van der Waals surface area (Å²) < 4.78 is 0. The van der Waals surface area contributed by atoms with Gasteiger partial charge < -0.3 is 5.32 Å². The van der Waals surface area contributed by atoms with Gasteiger partial charge in [-0.05, 0) is 37.3 Å². The second-order valence-corrected chi connectivity index (χ2v) is 7.20. The maximum Gasteiger partial charge on any atom is 0.269 e. The van der Waals surface area contributed by atoms with Crippen molar-refractivity contribution in [1.82, 2.24) is 14.9 Å². The number of piperidine rings is 1. The summed E-state index contributed by atoms with van der Waals surface area (Å²) in [4.78, 5) is 21.9. The number of benzene rings is 1. The lowest BCUT2D eigenvalue weighted by Gasteiger charge is -2.32. The van der Waals surface area contributed by atoms with Gasteiger partial charge in [0, 0.05) is 49.9 Å². The molecule has 7 nitrogen and oxygen atoms in total. The van der Waals surface area contributed by atoms with Crippen LogP contribution >= 0.6 is 0 Å². The maximum atomic E-state index is 10.9. The van der Waals surface area contributed by atoms with Crippen LogP contribution in [0.25, 0.3) is 0 Å². The van der Waals surface area contributed by atoms with Crippen LogP contribution in [-0.4, -0.2) is 38.9 Å². The SMILES string of the molecule is O=[N+]([O-])c1cccc(CN2CCC(Nc3ccnc(C4CC4)n3)CC2)c1. The number of nitrogens with one attached hydrogen (secondary N) is 1. The van der Waals surface area contributed by atoms with Gasteiger partial charge in [-0.25, -0.2) is 9.97 Å². The van der Waals surface area contributed by atoms with Gasteiger partial charge in [-0.2, -0.15) is 0 Å². The highest BCUT2D eigenvalue weighted by molar-refractivity contribution is 5.36. The van der Waals surface area contributed by atoms with Crippen molar-refractivity contribution in [3.8, 4) is 0 Å². The number of non-ortho nitro benzene ring substituents is 1. The molecule has 0 spiro atoms. The molecule has 0 radical (unpaired) electrons. The second kappa shape index (κ2) is 7.37. The molecule has 2 heterocycles. The molecule has 1 aliphatic carbocycles. The molecule has 1 saturated heterocycles. The Balaban J connectivity index is 1.29. The Morgan fingerprint density at radius 2 is 2.00 bits per heavy atom. The number of aromatic nitrogens is 2. The zero-order valence-corrected chi connectivity index (χ0v) is 14.7. The zero-order valence-electron chi connectivity index (χ0n) is 14.7. The van der Waals surface area contributed by atoms with E-state index in [1.807, 2.05) is 18.3 Å². The average Bonchev–Trinajstić information content (AvgIpc) is 3.49. The number of nitro benzene ring substituents is 1. The van der Waals surface area contributed by atoms with Crippen molar-refractivity contribution < 1.29 is 4.92 Å². The summed E-state index contributed by atoms with van der Waals surface area (Å²) in [7, 11) is 0. The van der Waals surface area contributed by atoms with Crippen molar-refractivity contribution in [2.24, 2.45) is 0 Å². The molecule has 2 fully saturated rings. The predicted octanol–water partition coefficient (Wildman–Crippen LogP) is 3.34. The molecule has 2 aliphatic rings. The van der Waals surface area contributed by atoms with E-state index in [4.69, 9.17) is 0 Å². The van der Waals surface area contributed by atoms with Crippen LogP contribution in [0.4, 0.5) is 11.5 Å². The molecule has 136 valence electrons. The van der Waals surface area contributed by atoms with Crippen LogP contribution in [0.15, 0.2) is 36.5 Å². The van der Waals surface area contributed by atoms with Crippen molar-refractivity contribution in [1.29, 1.82) is 0 Å². The largest absolute Gasteiger partial charge is 0.367 e. The van der Waals surface area contributed by atoms with Crippen LogP contribution in [0.2, 0.25) is 0 Å². The normalized spacial score (nSPS) is 18.6. The van der Waals surface area contributed by atoms with Crippen molar-refractivity contribution in [3.05, 3.63) is 58.0 Å². The molecule has 0 amide bonds. The molecule has 0 unspecified atom stereocenters. The maximum absolute atomic E-state index is 10.9. The minimum Gasteiger partial charge on any atom is -0.367 e. The number of likely N-dealkylation sites (tertiary alicyclic amines) is 1. The van der Waals surface area contributed by atoms with Gasteiger partial charge in [0.1, 0.15) is 11.6 Å². The minimum absolute atomic E-state index is 0.161. The van der Waals surface area contributed by atoms with Crippen LogP contribution in [0.1, 0.15) is 43.0 Å². The third-order valence-electron chi connectivity index (χ3n) is 5.08. The van der Waals surface area contributed by atoms with E-state index < -0.39 is 0 Å². The summed E-state index contributed by atoms with van der Waals surface area (Å²) in [5.41, 5.74) is 1.16. The van der Waals surface area contributed by atoms with Crippen molar-refractivity contribution in [2.75, 3.05) is 18.4 Å². The van der Waals surface area contributed by atoms with E-state index in [2.05, 4.69) is 20.2 Å². The first-order chi connectivity index (χ1) is 12.7. The van der Waals surface area contributed by atoms with Gasteiger partial charge in [0.25, 0.3) is 5.69 Å². The quantitative estimate of drug-likeness (QED) is 0.633. The summed E-state index contributed by atoms with van der Waals surface area (Å²) in [6.07, 6.45) is 6.34. The molecule has 1 N–H and O–H groups in total. The predicted molar refractivity (Wildman–Crippen MR) is 99.0 cm³/mol. The Bertz CT molecular complexity index is 785. The first kappa shape index (κ1) is 16.9. The summed E-state index contributed by atoms with van der Waals surface area (Å²) in [6, 6.07) is 9.29. The standard InChI is InChI=1S/C19H23N5O2/c25-24(26)17-3-1-2-14(12-17)13-23-10-7-16(8-11-23)21-18-6-9-20-19(22-18)15-4-5-15/h1-3,6,9,12,15-16H,4-5,7-8,10-11,13H2,(H,20,21,22). The third kappa shape index (κ3) is 4.16. The fraction of sp³-hybridized carbons (Fsp3) is 0.474. The molecule has 1 aromatic carbocycles. The number of nitro groups is 1. The molecule has 26 heavy (non-hydrogen) atoms. The molecule has 4 rings (SSSR count). The fourth-order valence-corrected chi connectivity index (χ4v) is 3.46. The molecular formula is C19H23N5O2. The van der Waals surface area contributed by atoms with E-state index in [0.717, 1.165) is 49.7 Å². The first-order valence-electron chi connectivity index (χ1n) is 9.22. The lowest BCUT2D eigenvalue weighted by molar-refractivity contribution is -0.384. The van der Waals surface area contributed by atoms with E-state index in [-0.39, 0.29) is 10.6 Å². The summed E-state index contributed by atoms with van der Waals surface area (Å²) in [5.74, 6) is 2.46. The zero-order chi connectivity index (χ0) is 17.9. The van der Waals surface area contributed by atoms with Gasteiger partial charge in [-0.15, -0.1) is 0 Å². The lowest BCUT2D eigenvalue weighted by Crippen LogP contribution is -2.38. The van der Waals surface area contributed by atoms with E-state index in [0.29, 0.717) is 12.0 Å². The molecule has 0 atom stereocenters. The topological polar surface area (TPSA) is 84.2 Å². The number of hydrogen-bond acceptors (Lipinski definition) is 6. The highest BCUT2D eigenvalue weighted by Gasteiger charge is 2.27. The van der Waals surface area contributed by atoms with E-state index >= 15 is 0 Å². The van der Waals surface area contributed by atoms with Gasteiger partial charge in [-0.3, -0.25) is 15.0 Å². The third-order valence-corrected chi connectivity index (χ3v) is 5.08. The average molecular weight is 353 g/mol. The van der Waals surface area contributed by atoms with Gasteiger partial charge in [0.2, 0.25) is 0 Å². The second-order valence-electron chi connectivity index (χ2n) is 7.20. The highest BCUT2D eigenvalue weighted by atomic mass is 16.6. The molecule has 1 saturated carbocycles. The molecule has 2 aromatic rings. The monoisotopic (exact) mass is 353 g/mol. The Morgan fingerprint density at radius 1 is 1.19 bits per heavy atom. The highest BCUT2D eigenvalue weighted by Crippen LogP contribution is 2.38. The number of rotatable bonds is 6. The summed E-state index contributed by atoms with van der Waals surface area (Å²) in [6.45, 7) is 2.70. The van der Waals surface area contributed by atoms with Gasteiger partial charge in [0.05, 0.1) is 4.92 Å². The number of nitrogens with zero attached hydrogens (tertiary/aromatic N) is 4. The molecule has 0 bridgehead atoms. The smallest absolute Gasteiger partial charge is 0.269 e. The lowest BCUT2D eigenvalue weighted by atomic mass is 10.0. The van der Waals surface area contributed by atoms with Crippen LogP contribution in [0.5, 0.6) is 0 Å². The Kier molecular flexibility index (Phi) is 4.79. The molecule has 1 aromatic heterocycles. The minimum atomic E-state index is -0.336. The van der Waals surface area contributed by atoms with Gasteiger partial charge >= 0.3 is 0 Å². The number of anilines is 1. The number of hydrogen-bond donors (Lipinski definition) is 1. The molecule has 7 heteroatoms.